The van der Waals surface area contributed by atoms with Crippen LogP contribution in [0.25, 0.3) is 0 Å². The van der Waals surface area contributed by atoms with Crippen molar-refractivity contribution in [3.8, 4) is 17.6 Å². The lowest BCUT2D eigenvalue weighted by Crippen LogP contribution is -2.39. The number of hydrogen-bond acceptors (Lipinski definition) is 4. The molecule has 1 aliphatic heterocycles. The topological polar surface area (TPSA) is 82.4 Å². The van der Waals surface area contributed by atoms with Crippen LogP contribution in [0.15, 0.2) is 42.5 Å². The molecule has 2 amide bonds. The first-order valence-electron chi connectivity index (χ1n) is 8.65. The summed E-state index contributed by atoms with van der Waals surface area (Å²) in [4.78, 5) is 25.4. The smallest absolute Gasteiger partial charge is 0.416 e. The number of halogens is 3. The highest BCUT2D eigenvalue weighted by Crippen LogP contribution is 2.32. The number of likely N-dealkylation sites (N-methyl/N-ethyl adjacent to an activating group) is 1. The summed E-state index contributed by atoms with van der Waals surface area (Å²) >= 11 is 0. The standard InChI is InChI=1S/C20H16F3N3O3/c1-26-17(8-9-18(26)27)19(28)25-16-10-15(5-2-12(16)11-24)29-14-6-3-13(4-7-14)20(21,22)23/h2-7,10,17H,8-9H2,1H3,(H,25,28). The summed E-state index contributed by atoms with van der Waals surface area (Å²) in [6, 6.07) is 9.78. The highest BCUT2D eigenvalue weighted by atomic mass is 19.4. The molecule has 1 aliphatic rings. The van der Waals surface area contributed by atoms with Gasteiger partial charge in [-0.05, 0) is 42.8 Å². The molecule has 6 nitrogen and oxygen atoms in total. The summed E-state index contributed by atoms with van der Waals surface area (Å²) in [5.74, 6) is -0.164. The lowest BCUT2D eigenvalue weighted by molar-refractivity contribution is -0.137. The van der Waals surface area contributed by atoms with Crippen LogP contribution in [0.4, 0.5) is 18.9 Å². The molecule has 1 atom stereocenters. The zero-order valence-electron chi connectivity index (χ0n) is 15.3. The number of benzene rings is 2. The number of amides is 2. The SMILES string of the molecule is CN1C(=O)CCC1C(=O)Nc1cc(Oc2ccc(C(F)(F)F)cc2)ccc1C#N. The molecule has 0 radical (unpaired) electrons. The Morgan fingerprint density at radius 1 is 1.21 bits per heavy atom. The number of anilines is 1. The molecule has 1 N–H and O–H groups in total. The van der Waals surface area contributed by atoms with Gasteiger partial charge in [-0.1, -0.05) is 0 Å². The van der Waals surface area contributed by atoms with Crippen molar-refractivity contribution in [2.24, 2.45) is 0 Å². The third-order valence-electron chi connectivity index (χ3n) is 4.58. The number of hydrogen-bond donors (Lipinski definition) is 1. The summed E-state index contributed by atoms with van der Waals surface area (Å²) in [5, 5.41) is 11.9. The number of alkyl halides is 3. The molecule has 150 valence electrons. The summed E-state index contributed by atoms with van der Waals surface area (Å²) < 4.78 is 43.5. The van der Waals surface area contributed by atoms with Crippen LogP contribution in [0.2, 0.25) is 0 Å². The van der Waals surface area contributed by atoms with Crippen LogP contribution >= 0.6 is 0 Å². The van der Waals surface area contributed by atoms with E-state index in [2.05, 4.69) is 5.32 Å². The summed E-state index contributed by atoms with van der Waals surface area (Å²) in [5.41, 5.74) is -0.424. The van der Waals surface area contributed by atoms with E-state index in [0.29, 0.717) is 6.42 Å². The van der Waals surface area contributed by atoms with E-state index in [1.807, 2.05) is 6.07 Å². The van der Waals surface area contributed by atoms with Crippen LogP contribution in [0, 0.1) is 11.3 Å². The highest BCUT2D eigenvalue weighted by molar-refractivity contribution is 5.99. The van der Waals surface area contributed by atoms with E-state index in [4.69, 9.17) is 4.74 Å². The summed E-state index contributed by atoms with van der Waals surface area (Å²) in [6.45, 7) is 0. The first kappa shape index (κ1) is 20.2. The van der Waals surface area contributed by atoms with Gasteiger partial charge in [-0.15, -0.1) is 0 Å². The third-order valence-corrected chi connectivity index (χ3v) is 4.58. The minimum absolute atomic E-state index is 0.134. The minimum Gasteiger partial charge on any atom is -0.457 e. The Bertz CT molecular complexity index is 981. The van der Waals surface area contributed by atoms with Gasteiger partial charge in [-0.2, -0.15) is 18.4 Å². The van der Waals surface area contributed by atoms with E-state index in [1.54, 1.807) is 0 Å². The molecule has 0 aromatic heterocycles. The van der Waals surface area contributed by atoms with Gasteiger partial charge in [-0.25, -0.2) is 0 Å². The lowest BCUT2D eigenvalue weighted by Gasteiger charge is -2.19. The molecule has 0 saturated carbocycles. The van der Waals surface area contributed by atoms with E-state index in [-0.39, 0.29) is 35.1 Å². The van der Waals surface area contributed by atoms with Gasteiger partial charge in [0.05, 0.1) is 16.8 Å². The number of carbonyl (C=O) groups excluding carboxylic acids is 2. The number of ether oxygens (including phenoxy) is 1. The van der Waals surface area contributed by atoms with Crippen molar-refractivity contribution in [1.82, 2.24) is 4.90 Å². The number of nitrogens with one attached hydrogen (secondary N) is 1. The maximum Gasteiger partial charge on any atom is 0.416 e. The predicted molar refractivity (Wildman–Crippen MR) is 97.1 cm³/mol. The van der Waals surface area contributed by atoms with Gasteiger partial charge in [0, 0.05) is 19.5 Å². The zero-order chi connectivity index (χ0) is 21.2. The molecule has 1 fully saturated rings. The maximum absolute atomic E-state index is 12.6. The second-order valence-corrected chi connectivity index (χ2v) is 6.49. The van der Waals surface area contributed by atoms with Crippen LogP contribution in [-0.2, 0) is 15.8 Å². The van der Waals surface area contributed by atoms with E-state index in [9.17, 15) is 28.0 Å². The molecule has 1 heterocycles. The van der Waals surface area contributed by atoms with Gasteiger partial charge < -0.3 is 15.0 Å². The molecule has 9 heteroatoms. The molecule has 29 heavy (non-hydrogen) atoms. The van der Waals surface area contributed by atoms with E-state index < -0.39 is 23.7 Å². The first-order chi connectivity index (χ1) is 13.7. The molecule has 0 spiro atoms. The Labute approximate surface area is 164 Å². The molecule has 1 unspecified atom stereocenters. The average Bonchev–Trinajstić information content (AvgIpc) is 3.00. The first-order valence-corrected chi connectivity index (χ1v) is 8.65. The number of nitriles is 1. The maximum atomic E-state index is 12.6. The second kappa shape index (κ2) is 7.83. The Kier molecular flexibility index (Phi) is 5.46. The van der Waals surface area contributed by atoms with Crippen molar-refractivity contribution in [1.29, 1.82) is 5.26 Å². The summed E-state index contributed by atoms with van der Waals surface area (Å²) in [6.07, 6.45) is -3.79. The van der Waals surface area contributed by atoms with Gasteiger partial charge in [0.25, 0.3) is 0 Å². The highest BCUT2D eigenvalue weighted by Gasteiger charge is 2.33. The van der Waals surface area contributed by atoms with Crippen LogP contribution in [0.5, 0.6) is 11.5 Å². The van der Waals surface area contributed by atoms with Crippen LogP contribution in [0.1, 0.15) is 24.0 Å². The number of rotatable bonds is 4. The van der Waals surface area contributed by atoms with Crippen molar-refractivity contribution in [2.75, 3.05) is 12.4 Å². The molecular weight excluding hydrogens is 387 g/mol. The van der Waals surface area contributed by atoms with E-state index in [0.717, 1.165) is 12.1 Å². The Morgan fingerprint density at radius 3 is 2.41 bits per heavy atom. The van der Waals surface area contributed by atoms with Crippen LogP contribution < -0.4 is 10.1 Å². The van der Waals surface area contributed by atoms with Crippen molar-refractivity contribution in [3.05, 3.63) is 53.6 Å². The van der Waals surface area contributed by atoms with Crippen LogP contribution in [-0.4, -0.2) is 29.8 Å². The van der Waals surface area contributed by atoms with Crippen LogP contribution in [0.3, 0.4) is 0 Å². The van der Waals surface area contributed by atoms with Gasteiger partial charge in [-0.3, -0.25) is 9.59 Å². The number of nitrogens with zero attached hydrogens (tertiary/aromatic N) is 2. The fraction of sp³-hybridized carbons (Fsp3) is 0.250. The molecule has 0 bridgehead atoms. The van der Waals surface area contributed by atoms with E-state index >= 15 is 0 Å². The Hall–Kier alpha value is -3.54. The van der Waals surface area contributed by atoms with Gasteiger partial charge in [0.1, 0.15) is 23.6 Å². The Morgan fingerprint density at radius 2 is 1.86 bits per heavy atom. The quantitative estimate of drug-likeness (QED) is 0.839. The summed E-state index contributed by atoms with van der Waals surface area (Å²) in [7, 11) is 1.54. The molecule has 3 rings (SSSR count). The molecule has 2 aromatic rings. The molecular formula is C20H16F3N3O3. The monoisotopic (exact) mass is 403 g/mol. The van der Waals surface area contributed by atoms with E-state index in [1.165, 1.54) is 42.3 Å². The second-order valence-electron chi connectivity index (χ2n) is 6.49. The van der Waals surface area contributed by atoms with Gasteiger partial charge in [0.2, 0.25) is 11.8 Å². The zero-order valence-corrected chi connectivity index (χ0v) is 15.3. The fourth-order valence-electron chi connectivity index (χ4n) is 2.96. The van der Waals surface area contributed by atoms with Gasteiger partial charge >= 0.3 is 6.18 Å². The average molecular weight is 403 g/mol. The Balaban J connectivity index is 1.77. The number of carbonyl (C=O) groups is 2. The van der Waals surface area contributed by atoms with Gasteiger partial charge in [0.15, 0.2) is 0 Å². The molecule has 1 saturated heterocycles. The molecule has 2 aromatic carbocycles. The predicted octanol–water partition coefficient (Wildman–Crippen LogP) is 3.93. The fourth-order valence-corrected chi connectivity index (χ4v) is 2.96. The normalized spacial score (nSPS) is 16.4. The third kappa shape index (κ3) is 4.48. The lowest BCUT2D eigenvalue weighted by atomic mass is 10.1. The van der Waals surface area contributed by atoms with Crippen molar-refractivity contribution < 1.29 is 27.5 Å². The minimum atomic E-state index is -4.45. The number of likely N-dealkylation sites (tertiary alicyclic amines) is 1. The van der Waals surface area contributed by atoms with Crippen molar-refractivity contribution >= 4 is 17.5 Å². The largest absolute Gasteiger partial charge is 0.457 e. The molecule has 0 aliphatic carbocycles. The van der Waals surface area contributed by atoms with Crippen molar-refractivity contribution in [2.45, 2.75) is 25.1 Å². The van der Waals surface area contributed by atoms with Crippen molar-refractivity contribution in [3.63, 3.8) is 0 Å².